The fourth-order valence-corrected chi connectivity index (χ4v) is 2.86. The van der Waals surface area contributed by atoms with Crippen LogP contribution >= 0.6 is 0 Å². The Hall–Kier alpha value is -2.23. The van der Waals surface area contributed by atoms with Crippen LogP contribution in [0.15, 0.2) is 47.1 Å². The van der Waals surface area contributed by atoms with E-state index in [9.17, 15) is 4.79 Å². The van der Waals surface area contributed by atoms with Crippen molar-refractivity contribution in [3.63, 3.8) is 0 Å². The molecule has 0 aliphatic carbocycles. The summed E-state index contributed by atoms with van der Waals surface area (Å²) in [5, 5.41) is 0. The lowest BCUT2D eigenvalue weighted by atomic mass is 9.98. The zero-order chi connectivity index (χ0) is 15.4. The van der Waals surface area contributed by atoms with Crippen LogP contribution in [0.1, 0.15) is 29.0 Å². The van der Waals surface area contributed by atoms with Crippen LogP contribution in [-0.4, -0.2) is 30.5 Å². The molecular formula is C18H21NO3. The number of ether oxygens (including phenoxy) is 1. The molecule has 0 spiro atoms. The second kappa shape index (κ2) is 6.69. The van der Waals surface area contributed by atoms with Crippen LogP contribution in [-0.2, 0) is 0 Å². The number of benzene rings is 1. The molecule has 2 aromatic rings. The highest BCUT2D eigenvalue weighted by Crippen LogP contribution is 2.21. The molecule has 22 heavy (non-hydrogen) atoms. The highest BCUT2D eigenvalue weighted by Gasteiger charge is 2.26. The molecule has 1 aromatic heterocycles. The van der Waals surface area contributed by atoms with Gasteiger partial charge in [0.2, 0.25) is 0 Å². The highest BCUT2D eigenvalue weighted by atomic mass is 16.5. The third-order valence-electron chi connectivity index (χ3n) is 4.01. The molecule has 0 radical (unpaired) electrons. The molecule has 1 atom stereocenters. The number of nitrogens with zero attached hydrogens (tertiary/aromatic N) is 1. The highest BCUT2D eigenvalue weighted by molar-refractivity contribution is 5.91. The zero-order valence-electron chi connectivity index (χ0n) is 12.8. The van der Waals surface area contributed by atoms with E-state index in [0.29, 0.717) is 18.3 Å². The van der Waals surface area contributed by atoms with Gasteiger partial charge in [0, 0.05) is 19.0 Å². The Labute approximate surface area is 130 Å². The Morgan fingerprint density at radius 3 is 3.05 bits per heavy atom. The van der Waals surface area contributed by atoms with E-state index in [1.54, 1.807) is 12.1 Å². The Bertz CT molecular complexity index is 621. The van der Waals surface area contributed by atoms with Crippen molar-refractivity contribution in [2.45, 2.75) is 19.8 Å². The van der Waals surface area contributed by atoms with Gasteiger partial charge in [-0.2, -0.15) is 0 Å². The predicted octanol–water partition coefficient (Wildman–Crippen LogP) is 3.52. The molecule has 0 bridgehead atoms. The molecule has 4 heteroatoms. The van der Waals surface area contributed by atoms with E-state index in [-0.39, 0.29) is 5.91 Å². The van der Waals surface area contributed by atoms with Gasteiger partial charge in [0.1, 0.15) is 5.75 Å². The summed E-state index contributed by atoms with van der Waals surface area (Å²) in [4.78, 5) is 14.2. The van der Waals surface area contributed by atoms with Crippen molar-refractivity contribution in [2.75, 3.05) is 19.7 Å². The molecule has 4 nitrogen and oxygen atoms in total. The molecule has 1 aliphatic rings. The third kappa shape index (κ3) is 3.50. The van der Waals surface area contributed by atoms with Gasteiger partial charge >= 0.3 is 0 Å². The maximum atomic E-state index is 12.3. The first kappa shape index (κ1) is 14.7. The topological polar surface area (TPSA) is 42.7 Å². The molecule has 0 N–H and O–H groups in total. The number of piperidine rings is 1. The van der Waals surface area contributed by atoms with E-state index in [4.69, 9.17) is 9.15 Å². The first-order valence-corrected chi connectivity index (χ1v) is 7.74. The molecule has 116 valence electrons. The van der Waals surface area contributed by atoms with E-state index in [2.05, 4.69) is 13.0 Å². The van der Waals surface area contributed by atoms with E-state index in [0.717, 1.165) is 31.7 Å². The summed E-state index contributed by atoms with van der Waals surface area (Å²) in [6, 6.07) is 11.5. The van der Waals surface area contributed by atoms with Gasteiger partial charge in [-0.3, -0.25) is 4.79 Å². The van der Waals surface area contributed by atoms with Crippen molar-refractivity contribution in [3.05, 3.63) is 54.0 Å². The van der Waals surface area contributed by atoms with Crippen LogP contribution < -0.4 is 4.74 Å². The number of rotatable bonds is 4. The quantitative estimate of drug-likeness (QED) is 0.867. The SMILES string of the molecule is Cc1cccc(OCC2CCCN(C(=O)c3ccco3)C2)c1. The molecule has 2 heterocycles. The Balaban J connectivity index is 1.55. The van der Waals surface area contributed by atoms with Crippen LogP contribution in [0.25, 0.3) is 0 Å². The van der Waals surface area contributed by atoms with Crippen molar-refractivity contribution in [1.82, 2.24) is 4.90 Å². The first-order valence-electron chi connectivity index (χ1n) is 7.74. The number of hydrogen-bond acceptors (Lipinski definition) is 3. The summed E-state index contributed by atoms with van der Waals surface area (Å²) < 4.78 is 11.1. The number of hydrogen-bond donors (Lipinski definition) is 0. The molecule has 1 fully saturated rings. The minimum atomic E-state index is -0.0229. The van der Waals surface area contributed by atoms with Crippen molar-refractivity contribution in [1.29, 1.82) is 0 Å². The van der Waals surface area contributed by atoms with Gasteiger partial charge in [0.05, 0.1) is 12.9 Å². The van der Waals surface area contributed by atoms with Crippen LogP contribution in [0, 0.1) is 12.8 Å². The van der Waals surface area contributed by atoms with E-state index < -0.39 is 0 Å². The summed E-state index contributed by atoms with van der Waals surface area (Å²) in [5.41, 5.74) is 1.19. The predicted molar refractivity (Wildman–Crippen MR) is 84.0 cm³/mol. The lowest BCUT2D eigenvalue weighted by Gasteiger charge is -2.32. The van der Waals surface area contributed by atoms with Crippen molar-refractivity contribution in [2.24, 2.45) is 5.92 Å². The molecule has 1 saturated heterocycles. The number of carbonyl (C=O) groups excluding carboxylic acids is 1. The van der Waals surface area contributed by atoms with Crippen LogP contribution in [0.5, 0.6) is 5.75 Å². The number of furan rings is 1. The maximum absolute atomic E-state index is 12.3. The fourth-order valence-electron chi connectivity index (χ4n) is 2.86. The van der Waals surface area contributed by atoms with Crippen LogP contribution in [0.2, 0.25) is 0 Å². The lowest BCUT2D eigenvalue weighted by molar-refractivity contribution is 0.0602. The second-order valence-corrected chi connectivity index (χ2v) is 5.86. The van der Waals surface area contributed by atoms with Gasteiger partial charge in [0.25, 0.3) is 5.91 Å². The minimum absolute atomic E-state index is 0.0229. The van der Waals surface area contributed by atoms with Crippen molar-refractivity contribution in [3.8, 4) is 5.75 Å². The Kier molecular flexibility index (Phi) is 4.47. The summed E-state index contributed by atoms with van der Waals surface area (Å²) >= 11 is 0. The molecule has 1 unspecified atom stereocenters. The number of carbonyl (C=O) groups is 1. The standard InChI is InChI=1S/C18H21NO3/c1-14-5-2-7-16(11-14)22-13-15-6-3-9-19(12-15)18(20)17-8-4-10-21-17/h2,4-5,7-8,10-11,15H,3,6,9,12-13H2,1H3. The molecule has 1 amide bonds. The minimum Gasteiger partial charge on any atom is -0.493 e. The number of likely N-dealkylation sites (tertiary alicyclic amines) is 1. The van der Waals surface area contributed by atoms with Gasteiger partial charge in [-0.1, -0.05) is 12.1 Å². The smallest absolute Gasteiger partial charge is 0.289 e. The molecule has 0 saturated carbocycles. The number of aryl methyl sites for hydroxylation is 1. The Morgan fingerprint density at radius 1 is 1.36 bits per heavy atom. The summed E-state index contributed by atoms with van der Waals surface area (Å²) in [6.45, 7) is 4.22. The van der Waals surface area contributed by atoms with E-state index >= 15 is 0 Å². The van der Waals surface area contributed by atoms with E-state index in [1.165, 1.54) is 11.8 Å². The molecule has 1 aromatic carbocycles. The monoisotopic (exact) mass is 299 g/mol. The van der Waals surface area contributed by atoms with Crippen LogP contribution in [0.4, 0.5) is 0 Å². The van der Waals surface area contributed by atoms with Gasteiger partial charge in [0.15, 0.2) is 5.76 Å². The number of amides is 1. The van der Waals surface area contributed by atoms with Gasteiger partial charge < -0.3 is 14.1 Å². The normalized spacial score (nSPS) is 18.2. The summed E-state index contributed by atoms with van der Waals surface area (Å²) in [7, 11) is 0. The first-order chi connectivity index (χ1) is 10.7. The van der Waals surface area contributed by atoms with Gasteiger partial charge in [-0.25, -0.2) is 0 Å². The fraction of sp³-hybridized carbons (Fsp3) is 0.389. The lowest BCUT2D eigenvalue weighted by Crippen LogP contribution is -2.41. The molecular weight excluding hydrogens is 278 g/mol. The van der Waals surface area contributed by atoms with E-state index in [1.807, 2.05) is 23.1 Å². The molecule has 1 aliphatic heterocycles. The van der Waals surface area contributed by atoms with Gasteiger partial charge in [-0.05, 0) is 49.6 Å². The second-order valence-electron chi connectivity index (χ2n) is 5.86. The maximum Gasteiger partial charge on any atom is 0.289 e. The summed E-state index contributed by atoms with van der Waals surface area (Å²) in [5.74, 6) is 1.66. The van der Waals surface area contributed by atoms with Crippen LogP contribution in [0.3, 0.4) is 0 Å². The molecule has 3 rings (SSSR count). The average molecular weight is 299 g/mol. The van der Waals surface area contributed by atoms with Gasteiger partial charge in [-0.15, -0.1) is 0 Å². The summed E-state index contributed by atoms with van der Waals surface area (Å²) in [6.07, 6.45) is 3.64. The average Bonchev–Trinajstić information content (AvgIpc) is 3.07. The van der Waals surface area contributed by atoms with Crippen molar-refractivity contribution >= 4 is 5.91 Å². The Morgan fingerprint density at radius 2 is 2.27 bits per heavy atom. The third-order valence-corrected chi connectivity index (χ3v) is 4.01. The largest absolute Gasteiger partial charge is 0.493 e. The zero-order valence-corrected chi connectivity index (χ0v) is 12.8. The van der Waals surface area contributed by atoms with Crippen molar-refractivity contribution < 1.29 is 13.9 Å².